The van der Waals surface area contributed by atoms with Gasteiger partial charge in [0.1, 0.15) is 18.0 Å². The monoisotopic (exact) mass is 531 g/mol. The predicted octanol–water partition coefficient (Wildman–Crippen LogP) is 5.05. The van der Waals surface area contributed by atoms with Crippen LogP contribution in [0.2, 0.25) is 0 Å². The Kier molecular flexibility index (Phi) is 6.67. The number of carbonyl (C=O) groups is 2. The molecule has 0 atom stereocenters. The Hall–Kier alpha value is -4.54. The number of aryl methyl sites for hydroxylation is 1. The van der Waals surface area contributed by atoms with E-state index in [4.69, 9.17) is 4.74 Å². The maximum Gasteiger partial charge on any atom is 0.412 e. The van der Waals surface area contributed by atoms with Crippen LogP contribution in [-0.4, -0.2) is 55.8 Å². The molecule has 0 unspecified atom stereocenters. The normalized spacial score (nSPS) is 13.7. The number of rotatable bonds is 4. The summed E-state index contributed by atoms with van der Waals surface area (Å²) in [6.07, 6.45) is 4.64. The van der Waals surface area contributed by atoms with Crippen molar-refractivity contribution in [3.8, 4) is 11.1 Å². The summed E-state index contributed by atoms with van der Waals surface area (Å²) < 4.78 is 23.0. The number of carbonyl (C=O) groups excluding carboxylic acids is 2. The van der Waals surface area contributed by atoms with Gasteiger partial charge >= 0.3 is 6.09 Å². The lowest BCUT2D eigenvalue weighted by molar-refractivity contribution is -0.130. The summed E-state index contributed by atoms with van der Waals surface area (Å²) in [5.74, 6) is 0.409. The van der Waals surface area contributed by atoms with Gasteiger partial charge in [-0.25, -0.2) is 14.2 Å². The minimum atomic E-state index is -0.773. The van der Waals surface area contributed by atoms with E-state index in [1.807, 2.05) is 13.0 Å². The second-order valence-electron chi connectivity index (χ2n) is 10.6. The summed E-state index contributed by atoms with van der Waals surface area (Å²) in [6, 6.07) is 7.15. The lowest BCUT2D eigenvalue weighted by Crippen LogP contribution is -2.29. The number of aromatic nitrogens is 4. The van der Waals surface area contributed by atoms with Crippen molar-refractivity contribution in [2.75, 3.05) is 24.2 Å². The van der Waals surface area contributed by atoms with Gasteiger partial charge in [-0.15, -0.1) is 0 Å². The van der Waals surface area contributed by atoms with Crippen LogP contribution in [0.15, 0.2) is 42.9 Å². The average Bonchev–Trinajstić information content (AvgIpc) is 3.18. The molecule has 4 aromatic rings. The first-order valence-electron chi connectivity index (χ1n) is 12.6. The van der Waals surface area contributed by atoms with Crippen molar-refractivity contribution in [1.82, 2.24) is 24.6 Å². The molecule has 1 aliphatic rings. The topological polar surface area (TPSA) is 114 Å². The van der Waals surface area contributed by atoms with Crippen molar-refractivity contribution < 1.29 is 18.7 Å². The maximum absolute atomic E-state index is 15.9. The Balaban J connectivity index is 1.55. The van der Waals surface area contributed by atoms with Crippen LogP contribution in [0.3, 0.4) is 0 Å². The third-order valence-corrected chi connectivity index (χ3v) is 6.45. The minimum absolute atomic E-state index is 0.00232. The number of nitrogens with zero attached hydrogens (tertiary/aromatic N) is 5. The zero-order chi connectivity index (χ0) is 27.9. The molecule has 0 aliphatic carbocycles. The van der Waals surface area contributed by atoms with E-state index < -0.39 is 17.5 Å². The molecule has 11 heteroatoms. The second kappa shape index (κ2) is 9.97. The lowest BCUT2D eigenvalue weighted by atomic mass is 9.98. The first-order chi connectivity index (χ1) is 18.5. The van der Waals surface area contributed by atoms with Gasteiger partial charge in [0.15, 0.2) is 11.6 Å². The van der Waals surface area contributed by atoms with Gasteiger partial charge in [-0.1, -0.05) is 0 Å². The summed E-state index contributed by atoms with van der Waals surface area (Å²) >= 11 is 0. The van der Waals surface area contributed by atoms with Crippen LogP contribution in [0.4, 0.5) is 26.5 Å². The summed E-state index contributed by atoms with van der Waals surface area (Å²) in [7, 11) is 1.78. The van der Waals surface area contributed by atoms with Gasteiger partial charge in [0.2, 0.25) is 5.91 Å². The molecule has 2 N–H and O–H groups in total. The SMILES string of the molecule is Cc1ccncc1-c1cc2cc(Nc3cc4n(n3)CC(=O)N(C)CC4)ncc2c(NC(=O)OC(C)(C)C)c1F. The molecule has 202 valence electrons. The van der Waals surface area contributed by atoms with Crippen molar-refractivity contribution >= 4 is 40.1 Å². The second-order valence-corrected chi connectivity index (χ2v) is 10.6. The van der Waals surface area contributed by atoms with Gasteiger partial charge in [-0.3, -0.25) is 19.8 Å². The van der Waals surface area contributed by atoms with E-state index in [-0.39, 0.29) is 23.7 Å². The van der Waals surface area contributed by atoms with E-state index in [0.717, 1.165) is 11.3 Å². The van der Waals surface area contributed by atoms with Gasteiger partial charge in [0.25, 0.3) is 0 Å². The number of nitrogens with one attached hydrogen (secondary N) is 2. The van der Waals surface area contributed by atoms with Crippen molar-refractivity contribution in [2.45, 2.75) is 46.3 Å². The molecule has 1 aliphatic heterocycles. The van der Waals surface area contributed by atoms with Crippen LogP contribution in [0.5, 0.6) is 0 Å². The first-order valence-corrected chi connectivity index (χ1v) is 12.6. The zero-order valence-electron chi connectivity index (χ0n) is 22.5. The number of hydrogen-bond donors (Lipinski definition) is 2. The van der Waals surface area contributed by atoms with E-state index in [2.05, 4.69) is 25.7 Å². The van der Waals surface area contributed by atoms with E-state index >= 15 is 4.39 Å². The highest BCUT2D eigenvalue weighted by Crippen LogP contribution is 2.37. The van der Waals surface area contributed by atoms with E-state index in [0.29, 0.717) is 40.9 Å². The zero-order valence-corrected chi connectivity index (χ0v) is 22.5. The molecule has 4 heterocycles. The van der Waals surface area contributed by atoms with Crippen molar-refractivity contribution in [1.29, 1.82) is 0 Å². The Morgan fingerprint density at radius 2 is 1.92 bits per heavy atom. The standard InChI is InChI=1S/C28H30FN7O3/c1-16-6-8-30-13-20(16)19-10-17-11-22(32-23-12-18-7-9-35(5)24(37)15-36(18)34-23)31-14-21(17)26(25(19)29)33-27(38)39-28(2,3)4/h6,8,10-14H,7,9,15H2,1-5H3,(H,33,38)(H,31,32,34). The molecule has 0 bridgehead atoms. The molecule has 0 fully saturated rings. The molecule has 2 amide bonds. The largest absolute Gasteiger partial charge is 0.444 e. The number of likely N-dealkylation sites (N-methyl/N-ethyl adjacent to an activating group) is 1. The van der Waals surface area contributed by atoms with Crippen LogP contribution in [-0.2, 0) is 22.5 Å². The molecule has 5 rings (SSSR count). The number of hydrogen-bond acceptors (Lipinski definition) is 7. The van der Waals surface area contributed by atoms with Crippen molar-refractivity contribution in [3.63, 3.8) is 0 Å². The van der Waals surface area contributed by atoms with Gasteiger partial charge < -0.3 is 15.0 Å². The first kappa shape index (κ1) is 26.1. The minimum Gasteiger partial charge on any atom is -0.444 e. The molecule has 10 nitrogen and oxygen atoms in total. The fourth-order valence-corrected chi connectivity index (χ4v) is 4.45. The number of halogens is 1. The molecule has 0 saturated heterocycles. The highest BCUT2D eigenvalue weighted by Gasteiger charge is 2.23. The molecular weight excluding hydrogens is 501 g/mol. The summed E-state index contributed by atoms with van der Waals surface area (Å²) in [5, 5.41) is 11.3. The van der Waals surface area contributed by atoms with Gasteiger partial charge in [0.05, 0.1) is 5.69 Å². The number of pyridine rings is 2. The van der Waals surface area contributed by atoms with Crippen LogP contribution in [0.1, 0.15) is 32.0 Å². The van der Waals surface area contributed by atoms with Crippen LogP contribution < -0.4 is 10.6 Å². The van der Waals surface area contributed by atoms with Crippen molar-refractivity contribution in [2.24, 2.45) is 0 Å². The molecule has 0 radical (unpaired) electrons. The molecule has 0 spiro atoms. The summed E-state index contributed by atoms with van der Waals surface area (Å²) in [5.41, 5.74) is 1.87. The number of anilines is 3. The Labute approximate surface area is 225 Å². The number of ether oxygens (including phenoxy) is 1. The Bertz CT molecular complexity index is 1590. The predicted molar refractivity (Wildman–Crippen MR) is 146 cm³/mol. The highest BCUT2D eigenvalue weighted by atomic mass is 19.1. The maximum atomic E-state index is 15.9. The number of fused-ring (bicyclic) bond motifs is 2. The van der Waals surface area contributed by atoms with Gasteiger partial charge in [-0.2, -0.15) is 5.10 Å². The summed E-state index contributed by atoms with van der Waals surface area (Å²) in [4.78, 5) is 35.2. The summed E-state index contributed by atoms with van der Waals surface area (Å²) in [6.45, 7) is 7.87. The van der Waals surface area contributed by atoms with Gasteiger partial charge in [0, 0.05) is 66.9 Å². The quantitative estimate of drug-likeness (QED) is 0.379. The third-order valence-electron chi connectivity index (χ3n) is 6.45. The Morgan fingerprint density at radius 3 is 2.67 bits per heavy atom. The third kappa shape index (κ3) is 5.52. The fraction of sp³-hybridized carbons (Fsp3) is 0.321. The molecular formula is C28H30FN7O3. The smallest absolute Gasteiger partial charge is 0.412 e. The molecule has 1 aromatic carbocycles. The fourth-order valence-electron chi connectivity index (χ4n) is 4.45. The van der Waals surface area contributed by atoms with E-state index in [1.165, 1.54) is 6.20 Å². The van der Waals surface area contributed by atoms with Crippen LogP contribution in [0.25, 0.3) is 21.9 Å². The molecule has 0 saturated carbocycles. The number of amides is 2. The molecule has 39 heavy (non-hydrogen) atoms. The van der Waals surface area contributed by atoms with E-state index in [9.17, 15) is 9.59 Å². The van der Waals surface area contributed by atoms with Crippen molar-refractivity contribution in [3.05, 3.63) is 59.9 Å². The average molecular weight is 532 g/mol. The number of benzene rings is 1. The van der Waals surface area contributed by atoms with Gasteiger partial charge in [-0.05, 0) is 56.8 Å². The lowest BCUT2D eigenvalue weighted by Gasteiger charge is -2.21. The highest BCUT2D eigenvalue weighted by molar-refractivity contribution is 6.03. The van der Waals surface area contributed by atoms with E-state index in [1.54, 1.807) is 68.0 Å². The van der Waals surface area contributed by atoms with Crippen LogP contribution in [0, 0.1) is 12.7 Å². The molecule has 3 aromatic heterocycles. The Morgan fingerprint density at radius 1 is 1.13 bits per heavy atom. The van der Waals surface area contributed by atoms with Crippen LogP contribution >= 0.6 is 0 Å².